The maximum atomic E-state index is 12.2. The molecule has 1 amide bonds. The standard InChI is InChI=1S/C15H19BrN6O/c1-9-4-13-18-15(20-22(13)8-12(9)21(2)3)19-14(23)10-5-11(16)7-17-6-10/h5-7,9,12H,4,8H2,1-3H3,(H,19,20,23). The predicted octanol–water partition coefficient (Wildman–Crippen LogP) is 1.81. The Kier molecular flexibility index (Phi) is 4.45. The molecule has 23 heavy (non-hydrogen) atoms. The molecule has 0 aromatic carbocycles. The lowest BCUT2D eigenvalue weighted by molar-refractivity contribution is 0.102. The largest absolute Gasteiger partial charge is 0.304 e. The number of carbonyl (C=O) groups excluding carboxylic acids is 1. The van der Waals surface area contributed by atoms with E-state index >= 15 is 0 Å². The van der Waals surface area contributed by atoms with E-state index in [2.05, 4.69) is 62.2 Å². The van der Waals surface area contributed by atoms with Crippen molar-refractivity contribution in [2.45, 2.75) is 25.9 Å². The minimum Gasteiger partial charge on any atom is -0.304 e. The number of halogens is 1. The molecule has 0 aliphatic carbocycles. The fraction of sp³-hybridized carbons (Fsp3) is 0.467. The summed E-state index contributed by atoms with van der Waals surface area (Å²) in [6.07, 6.45) is 4.00. The molecule has 0 saturated heterocycles. The number of nitrogens with zero attached hydrogens (tertiary/aromatic N) is 5. The first-order valence-corrected chi connectivity index (χ1v) is 8.25. The third kappa shape index (κ3) is 3.42. The number of rotatable bonds is 3. The van der Waals surface area contributed by atoms with Crippen molar-refractivity contribution < 1.29 is 4.79 Å². The van der Waals surface area contributed by atoms with Gasteiger partial charge in [0.1, 0.15) is 5.82 Å². The van der Waals surface area contributed by atoms with Crippen molar-refractivity contribution in [3.63, 3.8) is 0 Å². The van der Waals surface area contributed by atoms with Crippen molar-refractivity contribution in [2.24, 2.45) is 5.92 Å². The summed E-state index contributed by atoms with van der Waals surface area (Å²) < 4.78 is 2.64. The number of amides is 1. The van der Waals surface area contributed by atoms with Crippen LogP contribution in [0.5, 0.6) is 0 Å². The molecule has 0 saturated carbocycles. The van der Waals surface area contributed by atoms with E-state index in [4.69, 9.17) is 0 Å². The third-order valence-corrected chi connectivity index (χ3v) is 4.56. The molecule has 1 aliphatic heterocycles. The summed E-state index contributed by atoms with van der Waals surface area (Å²) in [4.78, 5) is 22.9. The molecule has 1 aliphatic rings. The van der Waals surface area contributed by atoms with Gasteiger partial charge < -0.3 is 4.90 Å². The Labute approximate surface area is 143 Å². The second-order valence-electron chi connectivity index (χ2n) is 6.09. The maximum absolute atomic E-state index is 12.2. The van der Waals surface area contributed by atoms with Crippen LogP contribution in [0.15, 0.2) is 22.9 Å². The fourth-order valence-corrected chi connectivity index (χ4v) is 3.25. The molecule has 122 valence electrons. The molecule has 8 heteroatoms. The van der Waals surface area contributed by atoms with Gasteiger partial charge in [0, 0.05) is 29.3 Å². The number of nitrogens with one attached hydrogen (secondary N) is 1. The quantitative estimate of drug-likeness (QED) is 0.881. The minimum absolute atomic E-state index is 0.265. The van der Waals surface area contributed by atoms with E-state index in [1.54, 1.807) is 12.3 Å². The van der Waals surface area contributed by atoms with Crippen LogP contribution >= 0.6 is 15.9 Å². The molecular weight excluding hydrogens is 360 g/mol. The van der Waals surface area contributed by atoms with Crippen LogP contribution in [0.3, 0.4) is 0 Å². The molecule has 7 nitrogen and oxygen atoms in total. The monoisotopic (exact) mass is 378 g/mol. The summed E-state index contributed by atoms with van der Waals surface area (Å²) >= 11 is 3.31. The average Bonchev–Trinajstić information content (AvgIpc) is 2.87. The maximum Gasteiger partial charge on any atom is 0.259 e. The molecule has 0 radical (unpaired) electrons. The lowest BCUT2D eigenvalue weighted by atomic mass is 9.94. The van der Waals surface area contributed by atoms with E-state index in [0.717, 1.165) is 23.3 Å². The van der Waals surface area contributed by atoms with Crippen LogP contribution in [0.1, 0.15) is 23.1 Å². The van der Waals surface area contributed by atoms with Crippen molar-refractivity contribution in [1.29, 1.82) is 0 Å². The Morgan fingerprint density at radius 1 is 1.43 bits per heavy atom. The van der Waals surface area contributed by atoms with Gasteiger partial charge in [-0.2, -0.15) is 4.98 Å². The first kappa shape index (κ1) is 16.1. The number of carbonyl (C=O) groups is 1. The molecule has 1 N–H and O–H groups in total. The Hall–Kier alpha value is -1.80. The van der Waals surface area contributed by atoms with Crippen LogP contribution in [0.2, 0.25) is 0 Å². The van der Waals surface area contributed by atoms with Crippen LogP contribution in [0.4, 0.5) is 5.95 Å². The van der Waals surface area contributed by atoms with Gasteiger partial charge in [0.15, 0.2) is 0 Å². The second-order valence-corrected chi connectivity index (χ2v) is 7.01. The molecule has 0 bridgehead atoms. The molecule has 0 fully saturated rings. The van der Waals surface area contributed by atoms with Crippen LogP contribution < -0.4 is 5.32 Å². The van der Waals surface area contributed by atoms with Gasteiger partial charge in [0.25, 0.3) is 5.91 Å². The number of hydrogen-bond donors (Lipinski definition) is 1. The predicted molar refractivity (Wildman–Crippen MR) is 90.3 cm³/mol. The Morgan fingerprint density at radius 2 is 2.22 bits per heavy atom. The molecule has 3 rings (SSSR count). The zero-order valence-corrected chi connectivity index (χ0v) is 14.9. The molecule has 0 spiro atoms. The number of pyridine rings is 1. The normalized spacial score (nSPS) is 20.4. The van der Waals surface area contributed by atoms with E-state index in [0.29, 0.717) is 23.5 Å². The number of likely N-dealkylation sites (N-methyl/N-ethyl adjacent to an activating group) is 1. The number of anilines is 1. The smallest absolute Gasteiger partial charge is 0.259 e. The third-order valence-electron chi connectivity index (χ3n) is 4.13. The highest BCUT2D eigenvalue weighted by atomic mass is 79.9. The van der Waals surface area contributed by atoms with Crippen LogP contribution in [-0.2, 0) is 13.0 Å². The molecular formula is C15H19BrN6O. The Balaban J connectivity index is 1.76. The van der Waals surface area contributed by atoms with E-state index in [-0.39, 0.29) is 5.91 Å². The molecule has 2 aromatic heterocycles. The summed E-state index contributed by atoms with van der Waals surface area (Å²) in [7, 11) is 4.15. The van der Waals surface area contributed by atoms with Crippen molar-refractivity contribution >= 4 is 27.8 Å². The molecule has 3 heterocycles. The zero-order chi connectivity index (χ0) is 16.6. The van der Waals surface area contributed by atoms with Gasteiger partial charge in [-0.05, 0) is 42.0 Å². The van der Waals surface area contributed by atoms with Crippen molar-refractivity contribution in [2.75, 3.05) is 19.4 Å². The Bertz CT molecular complexity index is 729. The minimum atomic E-state index is -0.265. The summed E-state index contributed by atoms with van der Waals surface area (Å²) in [5.41, 5.74) is 0.465. The molecule has 2 aromatic rings. The lowest BCUT2D eigenvalue weighted by Gasteiger charge is -2.33. The van der Waals surface area contributed by atoms with Crippen molar-refractivity contribution in [3.8, 4) is 0 Å². The summed E-state index contributed by atoms with van der Waals surface area (Å²) in [5, 5.41) is 7.17. The second kappa shape index (κ2) is 6.37. The summed E-state index contributed by atoms with van der Waals surface area (Å²) in [6.45, 7) is 3.00. The first-order chi connectivity index (χ1) is 10.9. The highest BCUT2D eigenvalue weighted by Gasteiger charge is 2.29. The number of hydrogen-bond acceptors (Lipinski definition) is 5. The highest BCUT2D eigenvalue weighted by Crippen LogP contribution is 2.23. The van der Waals surface area contributed by atoms with Crippen LogP contribution in [0.25, 0.3) is 0 Å². The van der Waals surface area contributed by atoms with Gasteiger partial charge in [-0.15, -0.1) is 5.10 Å². The van der Waals surface area contributed by atoms with E-state index < -0.39 is 0 Å². The summed E-state index contributed by atoms with van der Waals surface area (Å²) in [5.74, 6) is 1.49. The van der Waals surface area contributed by atoms with Crippen LogP contribution in [-0.4, -0.2) is 50.7 Å². The average molecular weight is 379 g/mol. The Morgan fingerprint density at radius 3 is 2.91 bits per heavy atom. The highest BCUT2D eigenvalue weighted by molar-refractivity contribution is 9.10. The van der Waals surface area contributed by atoms with Gasteiger partial charge in [-0.25, -0.2) is 4.68 Å². The van der Waals surface area contributed by atoms with Crippen LogP contribution in [0, 0.1) is 5.92 Å². The molecule has 2 unspecified atom stereocenters. The van der Waals surface area contributed by atoms with Gasteiger partial charge in [0.05, 0.1) is 12.1 Å². The topological polar surface area (TPSA) is 75.9 Å². The van der Waals surface area contributed by atoms with Crippen molar-refractivity contribution in [1.82, 2.24) is 24.6 Å². The fourth-order valence-electron chi connectivity index (χ4n) is 2.89. The molecule has 2 atom stereocenters. The summed E-state index contributed by atoms with van der Waals surface area (Å²) in [6, 6.07) is 2.13. The SMILES string of the molecule is CC1Cc2nc(NC(=O)c3cncc(Br)c3)nn2CC1N(C)C. The lowest BCUT2D eigenvalue weighted by Crippen LogP contribution is -2.42. The van der Waals surface area contributed by atoms with Crippen molar-refractivity contribution in [3.05, 3.63) is 34.3 Å². The van der Waals surface area contributed by atoms with E-state index in [1.807, 2.05) is 4.68 Å². The van der Waals surface area contributed by atoms with E-state index in [9.17, 15) is 4.79 Å². The van der Waals surface area contributed by atoms with Gasteiger partial charge in [-0.3, -0.25) is 15.1 Å². The van der Waals surface area contributed by atoms with Gasteiger partial charge in [0.2, 0.25) is 5.95 Å². The first-order valence-electron chi connectivity index (χ1n) is 7.46. The number of fused-ring (bicyclic) bond motifs is 1. The zero-order valence-electron chi connectivity index (χ0n) is 13.3. The number of aromatic nitrogens is 4. The van der Waals surface area contributed by atoms with Gasteiger partial charge >= 0.3 is 0 Å². The van der Waals surface area contributed by atoms with E-state index in [1.165, 1.54) is 6.20 Å². The van der Waals surface area contributed by atoms with Gasteiger partial charge in [-0.1, -0.05) is 6.92 Å².